The first-order chi connectivity index (χ1) is 12.9. The van der Waals surface area contributed by atoms with Gasteiger partial charge in [0, 0.05) is 30.6 Å². The van der Waals surface area contributed by atoms with E-state index in [1.165, 1.54) is 12.0 Å². The van der Waals surface area contributed by atoms with Gasteiger partial charge < -0.3 is 9.84 Å². The molecule has 1 aromatic heterocycles. The van der Waals surface area contributed by atoms with Crippen molar-refractivity contribution in [2.75, 3.05) is 12.0 Å². The summed E-state index contributed by atoms with van der Waals surface area (Å²) in [5, 5.41) is 10.5. The fraction of sp³-hybridized carbons (Fsp3) is 0.286. The van der Waals surface area contributed by atoms with Gasteiger partial charge in [0.2, 0.25) is 0 Å². The summed E-state index contributed by atoms with van der Waals surface area (Å²) in [5.41, 5.74) is 1.31. The first-order valence-electron chi connectivity index (χ1n) is 8.78. The highest BCUT2D eigenvalue weighted by atomic mass is 16.5. The largest absolute Gasteiger partial charge is 0.503 e. The number of carbonyl (C=O) groups excluding carboxylic acids is 2. The summed E-state index contributed by atoms with van der Waals surface area (Å²) in [6.07, 6.45) is 3.47. The van der Waals surface area contributed by atoms with Gasteiger partial charge in [-0.2, -0.15) is 0 Å². The Kier molecular flexibility index (Phi) is 5.26. The minimum absolute atomic E-state index is 0.105. The standard InChI is InChI=1S/C21H22N2O4/c1-13(2)10-17(24)18-19(14-6-5-9-22-12-14)23(21(26)20(18)25)15-7-4-8-16(11-15)27-3/h4-9,11-13,19,25H,10H2,1-3H3. The number of benzene rings is 1. The Hall–Kier alpha value is -3.15. The van der Waals surface area contributed by atoms with Gasteiger partial charge in [0.05, 0.1) is 18.7 Å². The van der Waals surface area contributed by atoms with Crippen LogP contribution in [0.3, 0.4) is 0 Å². The number of pyridine rings is 1. The Morgan fingerprint density at radius 2 is 2.07 bits per heavy atom. The van der Waals surface area contributed by atoms with Gasteiger partial charge in [0.25, 0.3) is 5.91 Å². The molecule has 0 fully saturated rings. The maximum atomic E-state index is 12.9. The van der Waals surface area contributed by atoms with E-state index >= 15 is 0 Å². The monoisotopic (exact) mass is 366 g/mol. The number of methoxy groups -OCH3 is 1. The zero-order valence-corrected chi connectivity index (χ0v) is 15.5. The van der Waals surface area contributed by atoms with Crippen LogP contribution in [0.5, 0.6) is 5.75 Å². The molecule has 3 rings (SSSR count). The lowest BCUT2D eigenvalue weighted by molar-refractivity contribution is -0.118. The molecule has 1 unspecified atom stereocenters. The molecule has 27 heavy (non-hydrogen) atoms. The van der Waals surface area contributed by atoms with E-state index in [9.17, 15) is 14.7 Å². The molecule has 0 aliphatic carbocycles. The molecule has 2 heterocycles. The lowest BCUT2D eigenvalue weighted by Crippen LogP contribution is -2.31. The third-order valence-electron chi connectivity index (χ3n) is 4.43. The minimum atomic E-state index is -0.732. The fourth-order valence-corrected chi connectivity index (χ4v) is 3.25. The molecule has 1 aromatic carbocycles. The molecule has 2 aromatic rings. The van der Waals surface area contributed by atoms with E-state index < -0.39 is 17.7 Å². The third-order valence-corrected chi connectivity index (χ3v) is 4.43. The molecule has 6 heteroatoms. The molecule has 0 saturated carbocycles. The lowest BCUT2D eigenvalue weighted by Gasteiger charge is -2.27. The van der Waals surface area contributed by atoms with Crippen molar-refractivity contribution in [1.82, 2.24) is 4.98 Å². The number of ether oxygens (including phenoxy) is 1. The molecule has 1 amide bonds. The van der Waals surface area contributed by atoms with Crippen LogP contribution in [-0.4, -0.2) is 28.9 Å². The van der Waals surface area contributed by atoms with E-state index in [1.807, 2.05) is 13.8 Å². The first-order valence-corrected chi connectivity index (χ1v) is 8.78. The minimum Gasteiger partial charge on any atom is -0.503 e. The van der Waals surface area contributed by atoms with Crippen LogP contribution in [0.25, 0.3) is 0 Å². The Balaban J connectivity index is 2.13. The number of aliphatic hydroxyl groups excluding tert-OH is 1. The molecule has 6 nitrogen and oxygen atoms in total. The summed E-state index contributed by atoms with van der Waals surface area (Å²) in [6, 6.07) is 9.76. The van der Waals surface area contributed by atoms with E-state index in [2.05, 4.69) is 4.98 Å². The highest BCUT2D eigenvalue weighted by molar-refractivity contribution is 6.16. The van der Waals surface area contributed by atoms with Gasteiger partial charge in [-0.25, -0.2) is 0 Å². The van der Waals surface area contributed by atoms with Gasteiger partial charge in [-0.3, -0.25) is 19.5 Å². The second-order valence-corrected chi connectivity index (χ2v) is 6.85. The van der Waals surface area contributed by atoms with E-state index in [4.69, 9.17) is 4.74 Å². The van der Waals surface area contributed by atoms with Gasteiger partial charge in [0.15, 0.2) is 11.5 Å². The predicted molar refractivity (Wildman–Crippen MR) is 102 cm³/mol. The van der Waals surface area contributed by atoms with Crippen LogP contribution in [-0.2, 0) is 9.59 Å². The van der Waals surface area contributed by atoms with Gasteiger partial charge in [-0.1, -0.05) is 26.0 Å². The van der Waals surface area contributed by atoms with Crippen LogP contribution in [0, 0.1) is 5.92 Å². The second-order valence-electron chi connectivity index (χ2n) is 6.85. The summed E-state index contributed by atoms with van der Waals surface area (Å²) in [7, 11) is 1.54. The number of aromatic nitrogens is 1. The van der Waals surface area contributed by atoms with Crippen LogP contribution in [0.1, 0.15) is 31.9 Å². The van der Waals surface area contributed by atoms with Gasteiger partial charge in [-0.05, 0) is 29.7 Å². The molecule has 0 spiro atoms. The summed E-state index contributed by atoms with van der Waals surface area (Å²) >= 11 is 0. The summed E-state index contributed by atoms with van der Waals surface area (Å²) in [6.45, 7) is 3.84. The fourth-order valence-electron chi connectivity index (χ4n) is 3.25. The molecule has 1 aliphatic heterocycles. The Bertz CT molecular complexity index is 890. The number of hydrogen-bond donors (Lipinski definition) is 1. The number of nitrogens with zero attached hydrogens (tertiary/aromatic N) is 2. The predicted octanol–water partition coefficient (Wildman–Crippen LogP) is 3.61. The van der Waals surface area contributed by atoms with E-state index in [0.717, 1.165) is 0 Å². The van der Waals surface area contributed by atoms with Crippen LogP contribution in [0.4, 0.5) is 5.69 Å². The molecule has 140 valence electrons. The van der Waals surface area contributed by atoms with Gasteiger partial charge in [0.1, 0.15) is 5.75 Å². The molecule has 0 bridgehead atoms. The number of aliphatic hydroxyl groups is 1. The quantitative estimate of drug-likeness (QED) is 0.845. The maximum absolute atomic E-state index is 12.9. The number of Topliss-reactive ketones (excluding diaryl/α,β-unsaturated/α-hetero) is 1. The van der Waals surface area contributed by atoms with Crippen LogP contribution >= 0.6 is 0 Å². The zero-order chi connectivity index (χ0) is 19.6. The topological polar surface area (TPSA) is 79.7 Å². The second kappa shape index (κ2) is 7.61. The molecule has 0 saturated heterocycles. The lowest BCUT2D eigenvalue weighted by atomic mass is 9.93. The highest BCUT2D eigenvalue weighted by Gasteiger charge is 2.44. The van der Waals surface area contributed by atoms with Crippen molar-refractivity contribution in [1.29, 1.82) is 0 Å². The van der Waals surface area contributed by atoms with Crippen molar-refractivity contribution in [2.24, 2.45) is 5.92 Å². The van der Waals surface area contributed by atoms with Crippen molar-refractivity contribution < 1.29 is 19.4 Å². The van der Waals surface area contributed by atoms with Crippen molar-refractivity contribution >= 4 is 17.4 Å². The number of ketones is 1. The van der Waals surface area contributed by atoms with Crippen molar-refractivity contribution in [3.05, 3.63) is 65.7 Å². The molecular formula is C21H22N2O4. The number of hydrogen-bond acceptors (Lipinski definition) is 5. The van der Waals surface area contributed by atoms with Crippen LogP contribution in [0.2, 0.25) is 0 Å². The van der Waals surface area contributed by atoms with Crippen LogP contribution in [0.15, 0.2) is 60.1 Å². The highest BCUT2D eigenvalue weighted by Crippen LogP contribution is 2.42. The first kappa shape index (κ1) is 18.6. The Morgan fingerprint density at radius 3 is 2.70 bits per heavy atom. The molecule has 1 aliphatic rings. The van der Waals surface area contributed by atoms with E-state index in [1.54, 1.807) is 48.8 Å². The van der Waals surface area contributed by atoms with E-state index in [-0.39, 0.29) is 23.7 Å². The summed E-state index contributed by atoms with van der Waals surface area (Å²) in [4.78, 5) is 31.3. The third kappa shape index (κ3) is 3.56. The van der Waals surface area contributed by atoms with Gasteiger partial charge >= 0.3 is 0 Å². The average Bonchev–Trinajstić information content (AvgIpc) is 2.93. The van der Waals surface area contributed by atoms with Crippen molar-refractivity contribution in [2.45, 2.75) is 26.3 Å². The Morgan fingerprint density at radius 1 is 1.30 bits per heavy atom. The molecule has 1 N–H and O–H groups in total. The van der Waals surface area contributed by atoms with Crippen molar-refractivity contribution in [3.8, 4) is 5.75 Å². The number of rotatable bonds is 6. The normalized spacial score (nSPS) is 17.0. The number of carbonyl (C=O) groups is 2. The molecule has 1 atom stereocenters. The van der Waals surface area contributed by atoms with Gasteiger partial charge in [-0.15, -0.1) is 0 Å². The maximum Gasteiger partial charge on any atom is 0.294 e. The Labute approximate surface area is 158 Å². The summed E-state index contributed by atoms with van der Waals surface area (Å²) < 4.78 is 5.25. The average molecular weight is 366 g/mol. The zero-order valence-electron chi connectivity index (χ0n) is 15.5. The molecular weight excluding hydrogens is 344 g/mol. The smallest absolute Gasteiger partial charge is 0.294 e. The number of amides is 1. The van der Waals surface area contributed by atoms with E-state index in [0.29, 0.717) is 17.0 Å². The SMILES string of the molecule is COc1cccc(N2C(=O)C(O)=C(C(=O)CC(C)C)C2c2cccnc2)c1. The van der Waals surface area contributed by atoms with Crippen LogP contribution < -0.4 is 9.64 Å². The summed E-state index contributed by atoms with van der Waals surface area (Å²) in [5.74, 6) is -0.670. The molecule has 0 radical (unpaired) electrons. The van der Waals surface area contributed by atoms with Crippen molar-refractivity contribution in [3.63, 3.8) is 0 Å². The number of anilines is 1.